The number of pyridine rings is 1. The number of nitrogens with one attached hydrogen (secondary N) is 1. The first-order valence-electron chi connectivity index (χ1n) is 6.40. The topological polar surface area (TPSA) is 79.3 Å². The van der Waals surface area contributed by atoms with Crippen molar-refractivity contribution in [2.75, 3.05) is 0 Å². The van der Waals surface area contributed by atoms with E-state index in [0.29, 0.717) is 16.1 Å². The Morgan fingerprint density at radius 1 is 1.29 bits per heavy atom. The summed E-state index contributed by atoms with van der Waals surface area (Å²) in [6.45, 7) is 4.78. The summed E-state index contributed by atoms with van der Waals surface area (Å²) >= 11 is 5.80. The summed E-state index contributed by atoms with van der Waals surface area (Å²) in [4.78, 5) is 4.23. The van der Waals surface area contributed by atoms with Gasteiger partial charge in [-0.25, -0.2) is 18.1 Å². The lowest BCUT2D eigenvalue weighted by Gasteiger charge is -2.28. The van der Waals surface area contributed by atoms with Crippen molar-refractivity contribution in [2.45, 2.75) is 37.3 Å². The van der Waals surface area contributed by atoms with E-state index in [1.54, 1.807) is 32.0 Å². The molecule has 0 saturated carbocycles. The minimum Gasteiger partial charge on any atom is -0.391 e. The summed E-state index contributed by atoms with van der Waals surface area (Å²) in [6.07, 6.45) is -0.826. The van der Waals surface area contributed by atoms with Crippen LogP contribution in [0, 0.1) is 0 Å². The van der Waals surface area contributed by atoms with E-state index in [0.717, 1.165) is 0 Å². The number of aromatic nitrogens is 1. The highest BCUT2D eigenvalue weighted by Gasteiger charge is 2.30. The maximum atomic E-state index is 12.4. The van der Waals surface area contributed by atoms with Crippen LogP contribution in [0.2, 0.25) is 5.15 Å². The average Bonchev–Trinajstić information content (AvgIpc) is 2.36. The SMILES string of the molecule is CC(O)C(C)(C)NS(=O)(=O)c1ccc2nc(Cl)ccc2c1. The zero-order chi connectivity index (χ0) is 15.8. The number of hydrogen-bond acceptors (Lipinski definition) is 4. The third-order valence-electron chi connectivity index (χ3n) is 3.38. The predicted molar refractivity (Wildman–Crippen MR) is 82.8 cm³/mol. The molecule has 1 heterocycles. The van der Waals surface area contributed by atoms with Crippen LogP contribution in [0.25, 0.3) is 10.9 Å². The van der Waals surface area contributed by atoms with E-state index in [9.17, 15) is 13.5 Å². The van der Waals surface area contributed by atoms with E-state index in [1.807, 2.05) is 0 Å². The van der Waals surface area contributed by atoms with Gasteiger partial charge in [0, 0.05) is 5.39 Å². The molecule has 1 aromatic carbocycles. The quantitative estimate of drug-likeness (QED) is 0.844. The van der Waals surface area contributed by atoms with E-state index in [2.05, 4.69) is 9.71 Å². The van der Waals surface area contributed by atoms with Crippen molar-refractivity contribution in [1.82, 2.24) is 9.71 Å². The summed E-state index contributed by atoms with van der Waals surface area (Å²) in [5, 5.41) is 10.7. The molecule has 0 spiro atoms. The molecule has 1 unspecified atom stereocenters. The van der Waals surface area contributed by atoms with E-state index in [-0.39, 0.29) is 4.90 Å². The standard InChI is InChI=1S/C14H17ClN2O3S/c1-9(18)14(2,3)17-21(19,20)11-5-6-12-10(8-11)4-7-13(15)16-12/h4-9,17-18H,1-3H3. The number of halogens is 1. The van der Waals surface area contributed by atoms with Gasteiger partial charge in [-0.2, -0.15) is 0 Å². The highest BCUT2D eigenvalue weighted by Crippen LogP contribution is 2.21. The average molecular weight is 329 g/mol. The van der Waals surface area contributed by atoms with Crippen molar-refractivity contribution in [3.05, 3.63) is 35.5 Å². The van der Waals surface area contributed by atoms with Crippen LogP contribution in [-0.2, 0) is 10.0 Å². The zero-order valence-corrected chi connectivity index (χ0v) is 13.5. The molecule has 0 saturated heterocycles. The van der Waals surface area contributed by atoms with E-state index in [4.69, 9.17) is 11.6 Å². The fraction of sp³-hybridized carbons (Fsp3) is 0.357. The molecule has 21 heavy (non-hydrogen) atoms. The molecular formula is C14H17ClN2O3S. The van der Waals surface area contributed by atoms with Crippen LogP contribution in [-0.4, -0.2) is 30.2 Å². The Hall–Kier alpha value is -1.21. The van der Waals surface area contributed by atoms with Gasteiger partial charge in [-0.1, -0.05) is 11.6 Å². The summed E-state index contributed by atoms with van der Waals surface area (Å²) in [6, 6.07) is 7.91. The lowest BCUT2D eigenvalue weighted by Crippen LogP contribution is -2.50. The second-order valence-electron chi connectivity index (χ2n) is 5.49. The first-order valence-corrected chi connectivity index (χ1v) is 8.26. The number of sulfonamides is 1. The van der Waals surface area contributed by atoms with Gasteiger partial charge in [0.1, 0.15) is 5.15 Å². The van der Waals surface area contributed by atoms with Gasteiger partial charge in [-0.15, -0.1) is 0 Å². The van der Waals surface area contributed by atoms with Crippen LogP contribution in [0.5, 0.6) is 0 Å². The number of aliphatic hydroxyl groups excluding tert-OH is 1. The van der Waals surface area contributed by atoms with Gasteiger partial charge in [-0.05, 0) is 51.1 Å². The second kappa shape index (κ2) is 5.53. The third kappa shape index (κ3) is 3.52. The lowest BCUT2D eigenvalue weighted by atomic mass is 10.0. The first kappa shape index (κ1) is 16.2. The van der Waals surface area contributed by atoms with E-state index in [1.165, 1.54) is 19.1 Å². The maximum absolute atomic E-state index is 12.4. The second-order valence-corrected chi connectivity index (χ2v) is 7.56. The summed E-state index contributed by atoms with van der Waals surface area (Å²) in [5.41, 5.74) is -0.345. The molecular weight excluding hydrogens is 312 g/mol. The van der Waals surface area contributed by atoms with Crippen molar-refractivity contribution in [1.29, 1.82) is 0 Å². The Morgan fingerprint density at radius 2 is 1.95 bits per heavy atom. The van der Waals surface area contributed by atoms with Gasteiger partial charge in [0.15, 0.2) is 0 Å². The smallest absolute Gasteiger partial charge is 0.241 e. The summed E-state index contributed by atoms with van der Waals surface area (Å²) in [5.74, 6) is 0. The number of fused-ring (bicyclic) bond motifs is 1. The van der Waals surface area contributed by atoms with Gasteiger partial charge in [0.25, 0.3) is 0 Å². The number of nitrogens with zero attached hydrogens (tertiary/aromatic N) is 1. The third-order valence-corrected chi connectivity index (χ3v) is 5.26. The number of rotatable bonds is 4. The van der Waals surface area contributed by atoms with Gasteiger partial charge in [0.2, 0.25) is 10.0 Å². The molecule has 0 fully saturated rings. The predicted octanol–water partition coefficient (Wildman–Crippen LogP) is 2.33. The molecule has 1 atom stereocenters. The Bertz CT molecular complexity index is 773. The van der Waals surface area contributed by atoms with Crippen LogP contribution in [0.4, 0.5) is 0 Å². The van der Waals surface area contributed by atoms with Gasteiger partial charge in [0.05, 0.1) is 22.1 Å². The van der Waals surface area contributed by atoms with Crippen LogP contribution in [0.3, 0.4) is 0 Å². The van der Waals surface area contributed by atoms with Crippen LogP contribution in [0.15, 0.2) is 35.2 Å². The maximum Gasteiger partial charge on any atom is 0.241 e. The molecule has 2 N–H and O–H groups in total. The number of aliphatic hydroxyl groups is 1. The minimum atomic E-state index is -3.74. The van der Waals surface area contributed by atoms with Crippen LogP contribution >= 0.6 is 11.6 Å². The minimum absolute atomic E-state index is 0.118. The molecule has 0 amide bonds. The monoisotopic (exact) mass is 328 g/mol. The molecule has 1 aromatic heterocycles. The highest BCUT2D eigenvalue weighted by atomic mass is 35.5. The van der Waals surface area contributed by atoms with Crippen molar-refractivity contribution in [2.24, 2.45) is 0 Å². The zero-order valence-electron chi connectivity index (χ0n) is 12.0. The van der Waals surface area contributed by atoms with Crippen molar-refractivity contribution >= 4 is 32.5 Å². The molecule has 0 bridgehead atoms. The van der Waals surface area contributed by atoms with Crippen molar-refractivity contribution in [3.8, 4) is 0 Å². The number of hydrogen-bond donors (Lipinski definition) is 2. The van der Waals surface area contributed by atoms with Crippen LogP contribution in [0.1, 0.15) is 20.8 Å². The Labute approximate surface area is 129 Å². The molecule has 0 aliphatic heterocycles. The normalized spacial score (nSPS) is 14.3. The van der Waals surface area contributed by atoms with Crippen molar-refractivity contribution in [3.63, 3.8) is 0 Å². The Balaban J connectivity index is 2.43. The fourth-order valence-electron chi connectivity index (χ4n) is 1.74. The molecule has 114 valence electrons. The molecule has 7 heteroatoms. The van der Waals surface area contributed by atoms with E-state index < -0.39 is 21.7 Å². The first-order chi connectivity index (χ1) is 9.62. The molecule has 0 radical (unpaired) electrons. The Morgan fingerprint density at radius 3 is 2.57 bits per heavy atom. The molecule has 2 aromatic rings. The largest absolute Gasteiger partial charge is 0.391 e. The lowest BCUT2D eigenvalue weighted by molar-refractivity contribution is 0.111. The molecule has 0 aliphatic carbocycles. The molecule has 0 aliphatic rings. The van der Waals surface area contributed by atoms with Crippen molar-refractivity contribution < 1.29 is 13.5 Å². The van der Waals surface area contributed by atoms with Gasteiger partial charge >= 0.3 is 0 Å². The number of benzene rings is 1. The van der Waals surface area contributed by atoms with Gasteiger partial charge in [-0.3, -0.25) is 0 Å². The molecule has 5 nitrogen and oxygen atoms in total. The highest BCUT2D eigenvalue weighted by molar-refractivity contribution is 7.89. The van der Waals surface area contributed by atoms with E-state index >= 15 is 0 Å². The fourth-order valence-corrected chi connectivity index (χ4v) is 3.40. The molecule has 2 rings (SSSR count). The van der Waals surface area contributed by atoms with Crippen LogP contribution < -0.4 is 4.72 Å². The Kier molecular flexibility index (Phi) is 4.26. The summed E-state index contributed by atoms with van der Waals surface area (Å²) < 4.78 is 27.3. The van der Waals surface area contributed by atoms with Gasteiger partial charge < -0.3 is 5.11 Å². The summed E-state index contributed by atoms with van der Waals surface area (Å²) in [7, 11) is -3.74.